The molecule has 9 heteroatoms. The Kier molecular flexibility index (Phi) is 5.39. The zero-order chi connectivity index (χ0) is 11.6. The minimum absolute atomic E-state index is 0.220. The highest BCUT2D eigenvalue weighted by Gasteiger charge is 2.54. The predicted molar refractivity (Wildman–Crippen MR) is 55.8 cm³/mol. The highest BCUT2D eigenvalue weighted by molar-refractivity contribution is 9.09. The number of hydrogen-bond acceptors (Lipinski definition) is 3. The van der Waals surface area contributed by atoms with E-state index in [-0.39, 0.29) is 5.88 Å². The molecule has 0 aromatic heterocycles. The summed E-state index contributed by atoms with van der Waals surface area (Å²) in [6.45, 7) is 0.987. The van der Waals surface area contributed by atoms with Crippen molar-refractivity contribution in [1.82, 2.24) is 0 Å². The van der Waals surface area contributed by atoms with Crippen LogP contribution in [0.2, 0.25) is 0 Å². The van der Waals surface area contributed by atoms with Crippen LogP contribution >= 0.6 is 46.7 Å². The fourth-order valence-electron chi connectivity index (χ4n) is 0.603. The van der Waals surface area contributed by atoms with E-state index in [0.29, 0.717) is 0 Å². The maximum atomic E-state index is 11.0. The van der Waals surface area contributed by atoms with Gasteiger partial charge in [-0.25, -0.2) is 0 Å². The summed E-state index contributed by atoms with van der Waals surface area (Å²) in [4.78, 5) is 24.9. The molecule has 0 aromatic rings. The third-order valence-electron chi connectivity index (χ3n) is 1.21. The second kappa shape index (κ2) is 5.14. The van der Waals surface area contributed by atoms with Crippen molar-refractivity contribution in [2.45, 2.75) is 16.6 Å². The first-order valence-electron chi connectivity index (χ1n) is 3.29. The third-order valence-corrected chi connectivity index (χ3v) is 5.67. The van der Waals surface area contributed by atoms with E-state index in [1.807, 2.05) is 0 Å². The van der Waals surface area contributed by atoms with Crippen LogP contribution in [0.3, 0.4) is 0 Å². The molecule has 14 heavy (non-hydrogen) atoms. The molecular weight excluding hydrogens is 322 g/mol. The largest absolute Gasteiger partial charge is 0.429 e. The molecular formula is C5H8BrCl2O5P. The summed E-state index contributed by atoms with van der Waals surface area (Å²) in [5, 5.41) is 0. The van der Waals surface area contributed by atoms with Crippen molar-refractivity contribution in [3.8, 4) is 0 Å². The van der Waals surface area contributed by atoms with Gasteiger partial charge in [-0.05, 0) is 0 Å². The van der Waals surface area contributed by atoms with Crippen molar-refractivity contribution in [1.29, 1.82) is 0 Å². The van der Waals surface area contributed by atoms with Crippen molar-refractivity contribution < 1.29 is 23.9 Å². The Morgan fingerprint density at radius 1 is 1.71 bits per heavy atom. The van der Waals surface area contributed by atoms with Gasteiger partial charge in [0.05, 0.1) is 4.83 Å². The van der Waals surface area contributed by atoms with Gasteiger partial charge in [0, 0.05) is 12.8 Å². The third kappa shape index (κ3) is 3.36. The Balaban J connectivity index is 5.05. The number of esters is 1. The smallest absolute Gasteiger partial charge is 0.385 e. The fourth-order valence-corrected chi connectivity index (χ4v) is 2.79. The lowest BCUT2D eigenvalue weighted by atomic mass is 10.5. The zero-order valence-electron chi connectivity index (χ0n) is 6.98. The molecule has 2 N–H and O–H groups in total. The lowest BCUT2D eigenvalue weighted by molar-refractivity contribution is -0.145. The van der Waals surface area contributed by atoms with Gasteiger partial charge in [0.1, 0.15) is 0 Å². The van der Waals surface area contributed by atoms with Gasteiger partial charge < -0.3 is 14.5 Å². The van der Waals surface area contributed by atoms with E-state index in [2.05, 4.69) is 20.7 Å². The Bertz CT molecular complexity index is 269. The molecule has 2 atom stereocenters. The van der Waals surface area contributed by atoms with E-state index < -0.39 is 23.2 Å². The first-order valence-corrected chi connectivity index (χ1v) is 6.73. The Morgan fingerprint density at radius 3 is 2.36 bits per heavy atom. The molecule has 0 aliphatic heterocycles. The molecule has 84 valence electrons. The Labute approximate surface area is 99.0 Å². The SMILES string of the molecule is CC(=O)OC(Cl)(C(Br)CCl)P(=O)(O)O. The van der Waals surface area contributed by atoms with Gasteiger partial charge in [0.2, 0.25) is 0 Å². The average molecular weight is 330 g/mol. The summed E-state index contributed by atoms with van der Waals surface area (Å²) in [5.41, 5.74) is 0. The van der Waals surface area contributed by atoms with Crippen LogP contribution in [0.4, 0.5) is 0 Å². The minimum atomic E-state index is -4.82. The van der Waals surface area contributed by atoms with Crippen molar-refractivity contribution in [3.05, 3.63) is 0 Å². The molecule has 0 aliphatic rings. The summed E-state index contributed by atoms with van der Waals surface area (Å²) in [5.74, 6) is -1.13. The van der Waals surface area contributed by atoms with Gasteiger partial charge in [-0.15, -0.1) is 11.6 Å². The maximum Gasteiger partial charge on any atom is 0.385 e. The summed E-state index contributed by atoms with van der Waals surface area (Å²) in [7, 11) is -4.82. The molecule has 0 bridgehead atoms. The second-order valence-corrected chi connectivity index (χ2v) is 6.36. The van der Waals surface area contributed by atoms with E-state index in [9.17, 15) is 9.36 Å². The summed E-state index contributed by atoms with van der Waals surface area (Å²) >= 11 is 13.7. The normalized spacial score (nSPS) is 18.4. The highest BCUT2D eigenvalue weighted by Crippen LogP contribution is 2.58. The molecule has 0 fully saturated rings. The Morgan fingerprint density at radius 2 is 2.14 bits per heavy atom. The van der Waals surface area contributed by atoms with Crippen LogP contribution < -0.4 is 0 Å². The van der Waals surface area contributed by atoms with Crippen molar-refractivity contribution in [3.63, 3.8) is 0 Å². The first kappa shape index (κ1) is 14.7. The number of alkyl halides is 3. The average Bonchev–Trinajstić information content (AvgIpc) is 1.99. The lowest BCUT2D eigenvalue weighted by Crippen LogP contribution is -2.38. The fraction of sp³-hybridized carbons (Fsp3) is 0.800. The summed E-state index contributed by atoms with van der Waals surface area (Å²) in [6, 6.07) is 0. The number of rotatable bonds is 4. The van der Waals surface area contributed by atoms with Crippen LogP contribution in [-0.2, 0) is 14.1 Å². The number of carbonyl (C=O) groups is 1. The molecule has 0 heterocycles. The number of halogens is 3. The zero-order valence-corrected chi connectivity index (χ0v) is 11.0. The van der Waals surface area contributed by atoms with E-state index in [1.54, 1.807) is 0 Å². The highest BCUT2D eigenvalue weighted by atomic mass is 79.9. The molecule has 0 aromatic carbocycles. The van der Waals surface area contributed by atoms with Crippen molar-refractivity contribution in [2.75, 3.05) is 5.88 Å². The topological polar surface area (TPSA) is 83.8 Å². The lowest BCUT2D eigenvalue weighted by Gasteiger charge is -2.30. The van der Waals surface area contributed by atoms with Gasteiger partial charge >= 0.3 is 13.6 Å². The van der Waals surface area contributed by atoms with Gasteiger partial charge in [-0.1, -0.05) is 27.5 Å². The molecule has 0 rings (SSSR count). The van der Waals surface area contributed by atoms with Gasteiger partial charge in [-0.3, -0.25) is 9.36 Å². The monoisotopic (exact) mass is 328 g/mol. The molecule has 0 radical (unpaired) electrons. The van der Waals surface area contributed by atoms with E-state index in [1.165, 1.54) is 0 Å². The Hall–Kier alpha value is 0.680. The van der Waals surface area contributed by atoms with Gasteiger partial charge in [0.15, 0.2) is 0 Å². The molecule has 2 unspecified atom stereocenters. The molecule has 0 saturated heterocycles. The second-order valence-electron chi connectivity index (χ2n) is 2.37. The van der Waals surface area contributed by atoms with Crippen molar-refractivity contribution in [2.24, 2.45) is 0 Å². The summed E-state index contributed by atoms with van der Waals surface area (Å²) < 4.78 is 15.4. The van der Waals surface area contributed by atoms with Crippen LogP contribution in [-0.4, -0.2) is 31.3 Å². The van der Waals surface area contributed by atoms with E-state index in [0.717, 1.165) is 6.92 Å². The predicted octanol–water partition coefficient (Wildman–Crippen LogP) is 1.62. The number of ether oxygens (including phenoxy) is 1. The van der Waals surface area contributed by atoms with E-state index >= 15 is 0 Å². The van der Waals surface area contributed by atoms with Crippen LogP contribution in [0.25, 0.3) is 0 Å². The van der Waals surface area contributed by atoms with Gasteiger partial charge in [-0.2, -0.15) is 0 Å². The van der Waals surface area contributed by atoms with E-state index in [4.69, 9.17) is 33.0 Å². The molecule has 0 amide bonds. The molecule has 0 aliphatic carbocycles. The van der Waals surface area contributed by atoms with Crippen LogP contribution in [0.15, 0.2) is 0 Å². The first-order chi connectivity index (χ1) is 6.15. The number of hydrogen-bond donors (Lipinski definition) is 2. The standard InChI is InChI=1S/C5H8BrCl2O5P/c1-3(9)13-5(8,4(6)2-7)14(10,11)12/h4H,2H2,1H3,(H2,10,11,12). The van der Waals surface area contributed by atoms with Crippen LogP contribution in [0.5, 0.6) is 0 Å². The molecule has 0 spiro atoms. The van der Waals surface area contributed by atoms with Crippen molar-refractivity contribution >= 4 is 52.7 Å². The summed E-state index contributed by atoms with van der Waals surface area (Å²) in [6.07, 6.45) is 0. The maximum absolute atomic E-state index is 11.0. The van der Waals surface area contributed by atoms with Crippen LogP contribution in [0, 0.1) is 0 Å². The number of carbonyl (C=O) groups excluding carboxylic acids is 1. The van der Waals surface area contributed by atoms with Gasteiger partial charge in [0.25, 0.3) is 4.80 Å². The quantitative estimate of drug-likeness (QED) is 0.465. The minimum Gasteiger partial charge on any atom is -0.429 e. The molecule has 0 saturated carbocycles. The molecule has 5 nitrogen and oxygen atoms in total. The van der Waals surface area contributed by atoms with Crippen LogP contribution in [0.1, 0.15) is 6.92 Å².